The quantitative estimate of drug-likeness (QED) is 0.115. The second-order valence-corrected chi connectivity index (χ2v) is 8.49. The third-order valence-electron chi connectivity index (χ3n) is 5.13. The summed E-state index contributed by atoms with van der Waals surface area (Å²) < 4.78 is 6.12. The molecule has 0 aliphatic carbocycles. The molecule has 1 N–H and O–H groups in total. The van der Waals surface area contributed by atoms with Crippen molar-refractivity contribution in [3.05, 3.63) is 110 Å². The number of imide groups is 2. The van der Waals surface area contributed by atoms with E-state index >= 15 is 0 Å². The van der Waals surface area contributed by atoms with E-state index in [0.29, 0.717) is 5.56 Å². The van der Waals surface area contributed by atoms with Crippen LogP contribution in [0.4, 0.5) is 16.2 Å². The number of hydrogen-bond donors (Lipinski definition) is 1. The van der Waals surface area contributed by atoms with Gasteiger partial charge < -0.3 is 4.74 Å². The number of halogens is 1. The first-order chi connectivity index (χ1) is 17.7. The Labute approximate surface area is 218 Å². The fraction of sp³-hybridized carbons (Fsp3) is 0. The number of urea groups is 1. The lowest BCUT2D eigenvalue weighted by atomic mass is 10.1. The highest BCUT2D eigenvalue weighted by Crippen LogP contribution is 2.26. The summed E-state index contributed by atoms with van der Waals surface area (Å²) in [5.41, 5.74) is 0.652. The molecule has 4 rings (SSSR count). The van der Waals surface area contributed by atoms with E-state index in [0.717, 1.165) is 15.4 Å². The maximum atomic E-state index is 13.1. The summed E-state index contributed by atoms with van der Waals surface area (Å²) in [6, 6.07) is 17.3. The molecule has 0 unspecified atom stereocenters. The number of carbonyl (C=O) groups is 4. The number of nitro benzene ring substituents is 1. The van der Waals surface area contributed by atoms with Gasteiger partial charge in [-0.25, -0.2) is 14.5 Å². The molecule has 0 saturated carbocycles. The number of nitro groups is 1. The zero-order valence-electron chi connectivity index (χ0n) is 18.8. The number of amides is 4. The van der Waals surface area contributed by atoms with E-state index in [-0.39, 0.29) is 28.3 Å². The molecule has 4 amide bonds. The van der Waals surface area contributed by atoms with Crippen molar-refractivity contribution in [3.8, 4) is 5.75 Å². The van der Waals surface area contributed by atoms with Crippen molar-refractivity contribution in [2.75, 3.05) is 4.90 Å². The van der Waals surface area contributed by atoms with Crippen LogP contribution in [-0.2, 0) is 14.4 Å². The minimum atomic E-state index is -0.887. The number of para-hydroxylation sites is 1. The Hall–Kier alpha value is -4.90. The van der Waals surface area contributed by atoms with Crippen molar-refractivity contribution >= 4 is 63.3 Å². The number of barbiturate groups is 1. The van der Waals surface area contributed by atoms with Crippen LogP contribution >= 0.6 is 15.9 Å². The average molecular weight is 562 g/mol. The minimum Gasteiger partial charge on any atom is -0.423 e. The van der Waals surface area contributed by atoms with Gasteiger partial charge in [-0.05, 0) is 60.2 Å². The van der Waals surface area contributed by atoms with E-state index < -0.39 is 28.7 Å². The smallest absolute Gasteiger partial charge is 0.336 e. The van der Waals surface area contributed by atoms with Gasteiger partial charge in [0.25, 0.3) is 17.5 Å². The predicted octanol–water partition coefficient (Wildman–Crippen LogP) is 4.64. The Balaban J connectivity index is 1.56. The number of anilines is 1. The number of hydrogen-bond acceptors (Lipinski definition) is 7. The molecule has 11 heteroatoms. The van der Waals surface area contributed by atoms with Crippen molar-refractivity contribution in [2.45, 2.75) is 0 Å². The molecule has 0 spiro atoms. The highest BCUT2D eigenvalue weighted by Gasteiger charge is 2.37. The van der Waals surface area contributed by atoms with Crippen LogP contribution in [0.2, 0.25) is 0 Å². The lowest BCUT2D eigenvalue weighted by Crippen LogP contribution is -2.54. The van der Waals surface area contributed by atoms with Crippen LogP contribution in [-0.4, -0.2) is 28.7 Å². The van der Waals surface area contributed by atoms with Crippen LogP contribution in [0.3, 0.4) is 0 Å². The monoisotopic (exact) mass is 561 g/mol. The fourth-order valence-electron chi connectivity index (χ4n) is 3.34. The van der Waals surface area contributed by atoms with Crippen molar-refractivity contribution in [1.29, 1.82) is 0 Å². The van der Waals surface area contributed by atoms with Crippen LogP contribution < -0.4 is 15.0 Å². The first kappa shape index (κ1) is 25.2. The molecule has 0 aromatic heterocycles. The summed E-state index contributed by atoms with van der Waals surface area (Å²) in [4.78, 5) is 61.4. The maximum absolute atomic E-state index is 13.1. The van der Waals surface area contributed by atoms with Gasteiger partial charge in [0.05, 0.1) is 10.6 Å². The second-order valence-electron chi connectivity index (χ2n) is 7.58. The van der Waals surface area contributed by atoms with Gasteiger partial charge in [0.15, 0.2) is 0 Å². The van der Waals surface area contributed by atoms with Crippen LogP contribution in [0.1, 0.15) is 11.1 Å². The predicted molar refractivity (Wildman–Crippen MR) is 137 cm³/mol. The number of esters is 1. The van der Waals surface area contributed by atoms with Gasteiger partial charge in [0.2, 0.25) is 0 Å². The first-order valence-corrected chi connectivity index (χ1v) is 11.4. The highest BCUT2D eigenvalue weighted by atomic mass is 79.9. The van der Waals surface area contributed by atoms with E-state index in [1.165, 1.54) is 48.6 Å². The molecule has 1 saturated heterocycles. The van der Waals surface area contributed by atoms with Crippen LogP contribution in [0, 0.1) is 10.1 Å². The van der Waals surface area contributed by atoms with Crippen LogP contribution in [0.15, 0.2) is 88.9 Å². The molecule has 0 radical (unpaired) electrons. The Bertz CT molecular complexity index is 1480. The van der Waals surface area contributed by atoms with Gasteiger partial charge in [0.1, 0.15) is 11.3 Å². The van der Waals surface area contributed by atoms with E-state index in [9.17, 15) is 29.3 Å². The molecule has 1 aliphatic heterocycles. The molecule has 0 atom stereocenters. The second kappa shape index (κ2) is 10.8. The van der Waals surface area contributed by atoms with Gasteiger partial charge in [-0.3, -0.25) is 25.0 Å². The van der Waals surface area contributed by atoms with E-state index in [4.69, 9.17) is 4.74 Å². The van der Waals surface area contributed by atoms with Crippen molar-refractivity contribution in [2.24, 2.45) is 0 Å². The first-order valence-electron chi connectivity index (χ1n) is 10.6. The summed E-state index contributed by atoms with van der Waals surface area (Å²) in [6.45, 7) is 0. The fourth-order valence-corrected chi connectivity index (χ4v) is 3.61. The Morgan fingerprint density at radius 1 is 0.973 bits per heavy atom. The third-order valence-corrected chi connectivity index (χ3v) is 5.66. The largest absolute Gasteiger partial charge is 0.423 e. The number of nitrogens with one attached hydrogen (secondary N) is 1. The van der Waals surface area contributed by atoms with Gasteiger partial charge in [-0.15, -0.1) is 0 Å². The van der Waals surface area contributed by atoms with Gasteiger partial charge in [-0.1, -0.05) is 34.1 Å². The topological polar surface area (TPSA) is 136 Å². The van der Waals surface area contributed by atoms with Crippen LogP contribution in [0.25, 0.3) is 12.2 Å². The third kappa shape index (κ3) is 5.85. The molecule has 184 valence electrons. The van der Waals surface area contributed by atoms with E-state index in [1.54, 1.807) is 36.4 Å². The Morgan fingerprint density at radius 3 is 2.32 bits per heavy atom. The summed E-state index contributed by atoms with van der Waals surface area (Å²) in [7, 11) is 0. The van der Waals surface area contributed by atoms with Gasteiger partial charge in [0, 0.05) is 28.2 Å². The summed E-state index contributed by atoms with van der Waals surface area (Å²) in [5, 5.41) is 12.9. The molecule has 1 aliphatic rings. The zero-order chi connectivity index (χ0) is 26.5. The molecule has 3 aromatic carbocycles. The van der Waals surface area contributed by atoms with E-state index in [1.807, 2.05) is 0 Å². The Morgan fingerprint density at radius 2 is 1.65 bits per heavy atom. The van der Waals surface area contributed by atoms with Crippen molar-refractivity contribution in [1.82, 2.24) is 5.32 Å². The SMILES string of the molecule is O=C(/C=C/c1ccc([N+](=O)[O-])cc1)Oc1ccccc1/C=C1/C(=O)NC(=O)N(c2ccc(Br)cc2)C1=O. The lowest BCUT2D eigenvalue weighted by molar-refractivity contribution is -0.384. The number of ether oxygens (including phenoxy) is 1. The number of benzene rings is 3. The minimum absolute atomic E-state index is 0.0704. The number of non-ortho nitro benzene ring substituents is 1. The number of nitrogens with zero attached hydrogens (tertiary/aromatic N) is 2. The number of rotatable bonds is 6. The highest BCUT2D eigenvalue weighted by molar-refractivity contribution is 9.10. The molecule has 3 aromatic rings. The molecular weight excluding hydrogens is 546 g/mol. The molecule has 1 heterocycles. The normalized spacial score (nSPS) is 14.7. The molecule has 1 fully saturated rings. The standard InChI is InChI=1S/C26H16BrN3O7/c27-18-8-12-19(13-9-18)29-25(33)21(24(32)28-26(29)34)15-17-3-1-2-4-22(17)37-23(31)14-7-16-5-10-20(11-6-16)30(35)36/h1-15H,(H,28,32,34)/b14-7+,21-15-. The zero-order valence-corrected chi connectivity index (χ0v) is 20.4. The molecule has 37 heavy (non-hydrogen) atoms. The van der Waals surface area contributed by atoms with Crippen LogP contribution in [0.5, 0.6) is 5.75 Å². The number of carbonyl (C=O) groups excluding carboxylic acids is 4. The summed E-state index contributed by atoms with van der Waals surface area (Å²) in [5.74, 6) is -2.41. The maximum Gasteiger partial charge on any atom is 0.336 e. The molecule has 0 bridgehead atoms. The van der Waals surface area contributed by atoms with Gasteiger partial charge >= 0.3 is 12.0 Å². The van der Waals surface area contributed by atoms with Gasteiger partial charge in [-0.2, -0.15) is 0 Å². The van der Waals surface area contributed by atoms with E-state index in [2.05, 4.69) is 21.2 Å². The molecule has 10 nitrogen and oxygen atoms in total. The molecular formula is C26H16BrN3O7. The summed E-state index contributed by atoms with van der Waals surface area (Å²) in [6.07, 6.45) is 3.79. The van der Waals surface area contributed by atoms with Crippen molar-refractivity contribution < 1.29 is 28.8 Å². The Kier molecular flexibility index (Phi) is 7.35. The lowest BCUT2D eigenvalue weighted by Gasteiger charge is -2.26. The average Bonchev–Trinajstić information content (AvgIpc) is 2.87. The summed E-state index contributed by atoms with van der Waals surface area (Å²) >= 11 is 3.28. The van der Waals surface area contributed by atoms with Crippen molar-refractivity contribution in [3.63, 3.8) is 0 Å².